The van der Waals surface area contributed by atoms with Crippen LogP contribution in [0.3, 0.4) is 0 Å². The van der Waals surface area contributed by atoms with Crippen molar-refractivity contribution < 1.29 is 13.1 Å². The first kappa shape index (κ1) is 29.3. The molecule has 3 rings (SSSR count). The number of aliphatic imine (C=N–C) groups is 2. The van der Waals surface area contributed by atoms with Crippen molar-refractivity contribution in [1.82, 2.24) is 4.98 Å². The Kier molecular flexibility index (Phi) is 10.7. The fourth-order valence-electron chi connectivity index (χ4n) is 4.22. The van der Waals surface area contributed by atoms with Gasteiger partial charge >= 0.3 is 33.3 Å². The van der Waals surface area contributed by atoms with E-state index in [-0.39, 0.29) is 13.1 Å². The molecule has 0 amide bonds. The molecule has 0 aliphatic carbocycles. The SMILES string of the molecule is Cc1c(C)c(C)c(N=Cc2cccc(C=Nc3c(C)c(C)c(C)c(C)c3C)n2)c(C)c1C.[Cl][Fe][Cl]. The van der Waals surface area contributed by atoms with Gasteiger partial charge in [-0.3, -0.25) is 9.98 Å². The first-order valence-electron chi connectivity index (χ1n) is 11.5. The Hall–Kier alpha value is -1.97. The Morgan fingerprint density at radius 1 is 0.543 bits per heavy atom. The molecule has 3 nitrogen and oxygen atoms in total. The summed E-state index contributed by atoms with van der Waals surface area (Å²) < 4.78 is 0. The third kappa shape index (κ3) is 6.62. The number of pyridine rings is 1. The van der Waals surface area contributed by atoms with Crippen molar-refractivity contribution in [3.05, 3.63) is 85.2 Å². The third-order valence-corrected chi connectivity index (χ3v) is 7.36. The zero-order valence-electron chi connectivity index (χ0n) is 22.3. The Morgan fingerprint density at radius 2 is 0.800 bits per heavy atom. The van der Waals surface area contributed by atoms with Gasteiger partial charge in [0.2, 0.25) is 0 Å². The van der Waals surface area contributed by atoms with Crippen LogP contribution in [0.2, 0.25) is 0 Å². The van der Waals surface area contributed by atoms with Crippen LogP contribution in [0.1, 0.15) is 67.0 Å². The van der Waals surface area contributed by atoms with Crippen molar-refractivity contribution in [2.75, 3.05) is 0 Å². The van der Waals surface area contributed by atoms with Crippen LogP contribution in [0.4, 0.5) is 11.4 Å². The van der Waals surface area contributed by atoms with E-state index >= 15 is 0 Å². The average molecular weight is 552 g/mol. The second-order valence-electron chi connectivity index (χ2n) is 9.00. The maximum absolute atomic E-state index is 4.83. The summed E-state index contributed by atoms with van der Waals surface area (Å²) in [6, 6.07) is 5.97. The monoisotopic (exact) mass is 551 g/mol. The minimum atomic E-state index is 0.194. The van der Waals surface area contributed by atoms with E-state index in [2.05, 4.69) is 69.2 Å². The van der Waals surface area contributed by atoms with E-state index in [1.807, 2.05) is 30.6 Å². The topological polar surface area (TPSA) is 37.6 Å². The molecule has 1 aromatic heterocycles. The molecule has 0 spiro atoms. The van der Waals surface area contributed by atoms with Gasteiger partial charge in [0.25, 0.3) is 0 Å². The number of halogens is 2. The first-order chi connectivity index (χ1) is 16.5. The van der Waals surface area contributed by atoms with Gasteiger partial charge in [0.05, 0.1) is 35.2 Å². The van der Waals surface area contributed by atoms with Crippen molar-refractivity contribution >= 4 is 44.0 Å². The summed E-state index contributed by atoms with van der Waals surface area (Å²) in [7, 11) is 9.53. The van der Waals surface area contributed by atoms with Gasteiger partial charge < -0.3 is 0 Å². The molecule has 0 aliphatic heterocycles. The van der Waals surface area contributed by atoms with E-state index in [1.165, 1.54) is 55.6 Å². The van der Waals surface area contributed by atoms with Crippen LogP contribution in [0.15, 0.2) is 28.2 Å². The Balaban J connectivity index is 0.00000137. The van der Waals surface area contributed by atoms with Crippen molar-refractivity contribution in [1.29, 1.82) is 0 Å². The molecule has 0 bridgehead atoms. The van der Waals surface area contributed by atoms with E-state index < -0.39 is 0 Å². The van der Waals surface area contributed by atoms with Crippen LogP contribution in [0, 0.1) is 69.2 Å². The standard InChI is InChI=1S/C29H35N3.2ClH.Fe/c1-16-18(3)22(7)28(23(8)19(16)4)30-14-26-12-11-13-27(32-26)15-31-29-24(9)20(5)17(2)21(6)25(29)10;;;/h11-15H,1-10H3;2*1H;/q;;;+2/p-2. The molecule has 35 heavy (non-hydrogen) atoms. The summed E-state index contributed by atoms with van der Waals surface area (Å²) in [5.74, 6) is 0. The average Bonchev–Trinajstić information content (AvgIpc) is 2.84. The maximum atomic E-state index is 4.83. The summed E-state index contributed by atoms with van der Waals surface area (Å²) in [5.41, 5.74) is 16.6. The third-order valence-electron chi connectivity index (χ3n) is 7.36. The van der Waals surface area contributed by atoms with E-state index in [0.29, 0.717) is 0 Å². The Morgan fingerprint density at radius 3 is 1.09 bits per heavy atom. The van der Waals surface area contributed by atoms with Crippen LogP contribution in [0.5, 0.6) is 0 Å². The molecule has 0 unspecified atom stereocenters. The van der Waals surface area contributed by atoms with Crippen LogP contribution in [0.25, 0.3) is 0 Å². The normalized spacial score (nSPS) is 11.4. The molecule has 0 saturated carbocycles. The second-order valence-corrected chi connectivity index (χ2v) is 10.8. The summed E-state index contributed by atoms with van der Waals surface area (Å²) in [6.45, 7) is 21.6. The molecule has 0 N–H and O–H groups in total. The predicted octanol–water partition coefficient (Wildman–Crippen LogP) is 9.04. The second kappa shape index (κ2) is 12.8. The van der Waals surface area contributed by atoms with Crippen molar-refractivity contribution in [2.24, 2.45) is 9.98 Å². The molecule has 2 aromatic carbocycles. The summed E-state index contributed by atoms with van der Waals surface area (Å²) >= 11 is 0.194. The zero-order chi connectivity index (χ0) is 26.4. The number of rotatable bonds is 4. The minimum absolute atomic E-state index is 0.194. The van der Waals surface area contributed by atoms with Gasteiger partial charge in [-0.2, -0.15) is 0 Å². The quantitative estimate of drug-likeness (QED) is 0.235. The molecule has 0 radical (unpaired) electrons. The van der Waals surface area contributed by atoms with Gasteiger partial charge in [0.15, 0.2) is 0 Å². The molecule has 0 fully saturated rings. The van der Waals surface area contributed by atoms with E-state index in [4.69, 9.17) is 35.2 Å². The molecule has 1 heterocycles. The number of hydrogen-bond donors (Lipinski definition) is 0. The fraction of sp³-hybridized carbons (Fsp3) is 0.345. The molecule has 0 saturated heterocycles. The molecule has 0 aliphatic rings. The van der Waals surface area contributed by atoms with E-state index in [1.54, 1.807) is 0 Å². The van der Waals surface area contributed by atoms with Crippen LogP contribution in [-0.2, 0) is 13.1 Å². The summed E-state index contributed by atoms with van der Waals surface area (Å²) in [6.07, 6.45) is 3.72. The van der Waals surface area contributed by atoms with Crippen molar-refractivity contribution in [3.63, 3.8) is 0 Å². The predicted molar refractivity (Wildman–Crippen MR) is 151 cm³/mol. The van der Waals surface area contributed by atoms with E-state index in [9.17, 15) is 0 Å². The Labute approximate surface area is 225 Å². The van der Waals surface area contributed by atoms with Crippen molar-refractivity contribution in [2.45, 2.75) is 69.2 Å². The summed E-state index contributed by atoms with van der Waals surface area (Å²) in [4.78, 5) is 14.4. The van der Waals surface area contributed by atoms with Crippen LogP contribution >= 0.6 is 20.2 Å². The van der Waals surface area contributed by atoms with Crippen LogP contribution in [-0.4, -0.2) is 17.4 Å². The Bertz CT molecular complexity index is 1140. The van der Waals surface area contributed by atoms with Gasteiger partial charge in [-0.25, -0.2) is 4.98 Å². The molecule has 188 valence electrons. The number of hydrogen-bond acceptors (Lipinski definition) is 3. The number of benzene rings is 2. The number of nitrogens with zero attached hydrogens (tertiary/aromatic N) is 3. The fourth-order valence-corrected chi connectivity index (χ4v) is 4.22. The van der Waals surface area contributed by atoms with Crippen LogP contribution < -0.4 is 0 Å². The van der Waals surface area contributed by atoms with E-state index in [0.717, 1.165) is 22.8 Å². The van der Waals surface area contributed by atoms with Gasteiger partial charge in [0.1, 0.15) is 0 Å². The van der Waals surface area contributed by atoms with Gasteiger partial charge in [-0.15, -0.1) is 0 Å². The summed E-state index contributed by atoms with van der Waals surface area (Å²) in [5, 5.41) is 0. The molecular weight excluding hydrogens is 517 g/mol. The van der Waals surface area contributed by atoms with Gasteiger partial charge in [-0.1, -0.05) is 6.07 Å². The molecule has 0 atom stereocenters. The zero-order valence-corrected chi connectivity index (χ0v) is 25.0. The van der Waals surface area contributed by atoms with Gasteiger partial charge in [-0.05, 0) is 137 Å². The van der Waals surface area contributed by atoms with Crippen molar-refractivity contribution in [3.8, 4) is 0 Å². The number of aromatic nitrogens is 1. The molecular formula is C29H35Cl2FeN3. The molecule has 6 heteroatoms. The van der Waals surface area contributed by atoms with Gasteiger partial charge in [0, 0.05) is 0 Å². The molecule has 3 aromatic rings. The first-order valence-corrected chi connectivity index (χ1v) is 14.5.